The Morgan fingerprint density at radius 2 is 1.70 bits per heavy atom. The van der Waals surface area contributed by atoms with Gasteiger partial charge in [-0.05, 0) is 55.3 Å². The van der Waals surface area contributed by atoms with Crippen molar-refractivity contribution < 1.29 is 23.0 Å². The van der Waals surface area contributed by atoms with E-state index in [1.165, 1.54) is 27.1 Å². The zero-order chi connectivity index (χ0) is 21.5. The summed E-state index contributed by atoms with van der Waals surface area (Å²) in [5.41, 5.74) is 1.94. The maximum atomic E-state index is 12.7. The molecule has 5 nitrogen and oxygen atoms in total. The maximum Gasteiger partial charge on any atom is 0.387 e. The van der Waals surface area contributed by atoms with Crippen LogP contribution in [0.2, 0.25) is 5.02 Å². The normalized spacial score (nSPS) is 15.4. The first-order valence-electron chi connectivity index (χ1n) is 9.92. The molecule has 1 heterocycles. The van der Waals surface area contributed by atoms with E-state index < -0.39 is 6.61 Å². The second-order valence-corrected chi connectivity index (χ2v) is 7.53. The molecule has 1 aliphatic rings. The molecule has 0 bridgehead atoms. The number of halogens is 3. The number of likely N-dealkylation sites (tertiary alicyclic amines) is 1. The summed E-state index contributed by atoms with van der Waals surface area (Å²) in [5.74, 6) is 0.298. The lowest BCUT2D eigenvalue weighted by atomic mass is 10.0. The first-order valence-corrected chi connectivity index (χ1v) is 10.3. The lowest BCUT2D eigenvalue weighted by Gasteiger charge is -2.29. The van der Waals surface area contributed by atoms with Gasteiger partial charge in [-0.15, -0.1) is 0 Å². The Kier molecular flexibility index (Phi) is 8.13. The van der Waals surface area contributed by atoms with E-state index in [-0.39, 0.29) is 23.3 Å². The van der Waals surface area contributed by atoms with Gasteiger partial charge in [0.1, 0.15) is 0 Å². The molecule has 1 atom stereocenters. The van der Waals surface area contributed by atoms with Gasteiger partial charge in [-0.3, -0.25) is 4.90 Å². The smallest absolute Gasteiger partial charge is 0.387 e. The molecule has 1 fully saturated rings. The standard InChI is InChI=1S/C22H27ClF2N2O3/c1-28-19-11-15(12-20(29-2)21(19)30-22(24)25)13-26-14-18(27-9-5-6-10-27)16-7-3-4-8-17(16)23/h3-4,7-8,11-12,18,22,26H,5-6,9-10,13-14H2,1-2H3. The monoisotopic (exact) mass is 440 g/mol. The Morgan fingerprint density at radius 3 is 2.27 bits per heavy atom. The molecule has 0 amide bonds. The number of nitrogens with zero attached hydrogens (tertiary/aromatic N) is 1. The Balaban J connectivity index is 1.74. The lowest BCUT2D eigenvalue weighted by Crippen LogP contribution is -2.34. The van der Waals surface area contributed by atoms with Crippen LogP contribution in [0.15, 0.2) is 36.4 Å². The Morgan fingerprint density at radius 1 is 1.07 bits per heavy atom. The van der Waals surface area contributed by atoms with Crippen LogP contribution >= 0.6 is 11.6 Å². The van der Waals surface area contributed by atoms with Crippen molar-refractivity contribution in [2.75, 3.05) is 33.9 Å². The molecule has 3 rings (SSSR count). The highest BCUT2D eigenvalue weighted by molar-refractivity contribution is 6.31. The fourth-order valence-corrected chi connectivity index (χ4v) is 4.09. The van der Waals surface area contributed by atoms with E-state index in [4.69, 9.17) is 21.1 Å². The summed E-state index contributed by atoms with van der Waals surface area (Å²) >= 11 is 6.47. The average Bonchev–Trinajstić information content (AvgIpc) is 3.26. The molecular formula is C22H27ClF2N2O3. The highest BCUT2D eigenvalue weighted by Crippen LogP contribution is 2.39. The molecule has 1 saturated heterocycles. The van der Waals surface area contributed by atoms with E-state index in [1.54, 1.807) is 12.1 Å². The van der Waals surface area contributed by atoms with Gasteiger partial charge in [0, 0.05) is 24.2 Å². The second kappa shape index (κ2) is 10.8. The number of benzene rings is 2. The molecule has 0 radical (unpaired) electrons. The largest absolute Gasteiger partial charge is 0.493 e. The molecule has 2 aromatic carbocycles. The lowest BCUT2D eigenvalue weighted by molar-refractivity contribution is -0.0526. The van der Waals surface area contributed by atoms with Crippen LogP contribution in [-0.4, -0.2) is 45.4 Å². The second-order valence-electron chi connectivity index (χ2n) is 7.12. The number of alkyl halides is 2. The van der Waals surface area contributed by atoms with Crippen LogP contribution in [0.1, 0.15) is 30.0 Å². The molecule has 30 heavy (non-hydrogen) atoms. The van der Waals surface area contributed by atoms with E-state index in [0.29, 0.717) is 13.1 Å². The minimum atomic E-state index is -2.96. The van der Waals surface area contributed by atoms with Gasteiger partial charge >= 0.3 is 6.61 Å². The van der Waals surface area contributed by atoms with E-state index in [0.717, 1.165) is 29.2 Å². The molecule has 1 unspecified atom stereocenters. The molecule has 0 aliphatic carbocycles. The molecular weight excluding hydrogens is 414 g/mol. The van der Waals surface area contributed by atoms with Crippen LogP contribution in [0.3, 0.4) is 0 Å². The van der Waals surface area contributed by atoms with E-state index in [2.05, 4.69) is 21.0 Å². The Bertz CT molecular complexity index is 807. The zero-order valence-corrected chi connectivity index (χ0v) is 17.9. The first kappa shape index (κ1) is 22.6. The van der Waals surface area contributed by atoms with Crippen molar-refractivity contribution in [3.05, 3.63) is 52.5 Å². The Hall–Kier alpha value is -2.09. The third-order valence-corrected chi connectivity index (χ3v) is 5.58. The molecule has 1 aliphatic heterocycles. The number of ether oxygens (including phenoxy) is 3. The summed E-state index contributed by atoms with van der Waals surface area (Å²) in [7, 11) is 2.82. The van der Waals surface area contributed by atoms with Crippen molar-refractivity contribution in [1.29, 1.82) is 0 Å². The Labute approximate surface area is 180 Å². The summed E-state index contributed by atoms with van der Waals surface area (Å²) < 4.78 is 40.5. The summed E-state index contributed by atoms with van der Waals surface area (Å²) in [5, 5.41) is 4.22. The van der Waals surface area contributed by atoms with Gasteiger partial charge in [0.15, 0.2) is 11.5 Å². The molecule has 0 aromatic heterocycles. The van der Waals surface area contributed by atoms with Crippen LogP contribution in [0.25, 0.3) is 0 Å². The zero-order valence-electron chi connectivity index (χ0n) is 17.2. The fraction of sp³-hybridized carbons (Fsp3) is 0.455. The van der Waals surface area contributed by atoms with Gasteiger partial charge in [-0.1, -0.05) is 29.8 Å². The summed E-state index contributed by atoms with van der Waals surface area (Å²) in [6.07, 6.45) is 2.36. The SMILES string of the molecule is COc1cc(CNCC(c2ccccc2Cl)N2CCCC2)cc(OC)c1OC(F)F. The number of methoxy groups -OCH3 is 2. The minimum Gasteiger partial charge on any atom is -0.493 e. The summed E-state index contributed by atoms with van der Waals surface area (Å²) in [4.78, 5) is 2.44. The third-order valence-electron chi connectivity index (χ3n) is 5.24. The topological polar surface area (TPSA) is 43.0 Å². The first-order chi connectivity index (χ1) is 14.5. The number of hydrogen-bond donors (Lipinski definition) is 1. The number of nitrogens with one attached hydrogen (secondary N) is 1. The molecule has 0 spiro atoms. The highest BCUT2D eigenvalue weighted by Gasteiger charge is 2.25. The van der Waals surface area contributed by atoms with Crippen molar-refractivity contribution in [1.82, 2.24) is 10.2 Å². The maximum absolute atomic E-state index is 12.7. The van der Waals surface area contributed by atoms with Crippen molar-refractivity contribution in [2.45, 2.75) is 32.0 Å². The van der Waals surface area contributed by atoms with Crippen molar-refractivity contribution in [3.8, 4) is 17.2 Å². The molecule has 0 saturated carbocycles. The fourth-order valence-electron chi connectivity index (χ4n) is 3.83. The van der Waals surface area contributed by atoms with Crippen LogP contribution < -0.4 is 19.5 Å². The quantitative estimate of drug-likeness (QED) is 0.570. The van der Waals surface area contributed by atoms with Crippen LogP contribution in [0, 0.1) is 0 Å². The average molecular weight is 441 g/mol. The van der Waals surface area contributed by atoms with Crippen LogP contribution in [0.5, 0.6) is 17.2 Å². The highest BCUT2D eigenvalue weighted by atomic mass is 35.5. The van der Waals surface area contributed by atoms with Gasteiger partial charge in [0.2, 0.25) is 5.75 Å². The van der Waals surface area contributed by atoms with Gasteiger partial charge in [0.05, 0.1) is 14.2 Å². The molecule has 8 heteroatoms. The molecule has 1 N–H and O–H groups in total. The number of rotatable bonds is 10. The van der Waals surface area contributed by atoms with Gasteiger partial charge < -0.3 is 19.5 Å². The van der Waals surface area contributed by atoms with Crippen molar-refractivity contribution in [3.63, 3.8) is 0 Å². The van der Waals surface area contributed by atoms with Crippen LogP contribution in [-0.2, 0) is 6.54 Å². The molecule has 2 aromatic rings. The summed E-state index contributed by atoms with van der Waals surface area (Å²) in [6.45, 7) is 0.325. The van der Waals surface area contributed by atoms with E-state index >= 15 is 0 Å². The summed E-state index contributed by atoms with van der Waals surface area (Å²) in [6, 6.07) is 11.4. The van der Waals surface area contributed by atoms with Crippen molar-refractivity contribution >= 4 is 11.6 Å². The predicted octanol–water partition coefficient (Wildman–Crippen LogP) is 4.89. The van der Waals surface area contributed by atoms with Gasteiger partial charge in [-0.25, -0.2) is 0 Å². The van der Waals surface area contributed by atoms with Gasteiger partial charge in [0.25, 0.3) is 0 Å². The number of hydrogen-bond acceptors (Lipinski definition) is 5. The van der Waals surface area contributed by atoms with Gasteiger partial charge in [-0.2, -0.15) is 8.78 Å². The minimum absolute atomic E-state index is 0.107. The van der Waals surface area contributed by atoms with Crippen molar-refractivity contribution in [2.24, 2.45) is 0 Å². The van der Waals surface area contributed by atoms with Crippen LogP contribution in [0.4, 0.5) is 8.78 Å². The predicted molar refractivity (Wildman–Crippen MR) is 113 cm³/mol. The van der Waals surface area contributed by atoms with E-state index in [1.807, 2.05) is 18.2 Å². The molecule has 164 valence electrons. The third kappa shape index (κ3) is 5.53. The van der Waals surface area contributed by atoms with E-state index in [9.17, 15) is 8.78 Å².